The van der Waals surface area contributed by atoms with Crippen molar-refractivity contribution < 1.29 is 4.79 Å². The van der Waals surface area contributed by atoms with E-state index in [9.17, 15) is 10.0 Å². The molecule has 1 amide bonds. The number of hydrogen-bond acceptors (Lipinski definition) is 5. The van der Waals surface area contributed by atoms with Gasteiger partial charge < -0.3 is 15.3 Å². The van der Waals surface area contributed by atoms with Crippen LogP contribution in [-0.4, -0.2) is 20.9 Å². The van der Waals surface area contributed by atoms with E-state index in [2.05, 4.69) is 15.0 Å². The van der Waals surface area contributed by atoms with E-state index < -0.39 is 5.91 Å². The lowest BCUT2D eigenvalue weighted by molar-refractivity contribution is 0.0997. The number of hydrogen-bond donors (Lipinski definition) is 1. The van der Waals surface area contributed by atoms with Crippen LogP contribution in [0.4, 0.5) is 5.82 Å². The third-order valence-electron chi connectivity index (χ3n) is 2.04. The Balaban J connectivity index is 2.31. The summed E-state index contributed by atoms with van der Waals surface area (Å²) in [5.74, 6) is -1.04. The topological polar surface area (TPSA) is 109 Å². The maximum absolute atomic E-state index is 11.7. The molecule has 84 valence electrons. The maximum atomic E-state index is 11.7. The van der Waals surface area contributed by atoms with Gasteiger partial charge in [-0.1, -0.05) is 0 Å². The standard InChI is InChI=1S/C10H6N5O2/c11-5-8-9(14-6-13-8)15(17)10(16)7-1-3-12-4-2-7/h1-4,6H,(H,13,14)/q-1. The number of nitriles is 1. The van der Waals surface area contributed by atoms with Crippen molar-refractivity contribution in [1.82, 2.24) is 15.0 Å². The number of rotatable bonds is 2. The molecule has 0 bridgehead atoms. The predicted molar refractivity (Wildman–Crippen MR) is 57.7 cm³/mol. The minimum atomic E-state index is -0.795. The first kappa shape index (κ1) is 10.8. The number of nitrogens with zero attached hydrogens (tertiary/aromatic N) is 4. The number of anilines is 1. The van der Waals surface area contributed by atoms with Crippen molar-refractivity contribution in [3.63, 3.8) is 0 Å². The molecule has 2 rings (SSSR count). The van der Waals surface area contributed by atoms with Gasteiger partial charge in [-0.25, -0.2) is 4.98 Å². The van der Waals surface area contributed by atoms with Crippen LogP contribution < -0.4 is 5.06 Å². The highest BCUT2D eigenvalue weighted by molar-refractivity contribution is 6.06. The Morgan fingerprint density at radius 1 is 1.47 bits per heavy atom. The summed E-state index contributed by atoms with van der Waals surface area (Å²) in [6.45, 7) is 0. The summed E-state index contributed by atoms with van der Waals surface area (Å²) in [7, 11) is 0. The Kier molecular flexibility index (Phi) is 2.81. The SMILES string of the molecule is N#Cc1[nH]cnc1N([O-])C(=O)c1ccncc1. The Morgan fingerprint density at radius 2 is 2.18 bits per heavy atom. The lowest BCUT2D eigenvalue weighted by Gasteiger charge is -2.25. The number of nitrogens with one attached hydrogen (secondary N) is 1. The van der Waals surface area contributed by atoms with Crippen molar-refractivity contribution in [1.29, 1.82) is 5.26 Å². The summed E-state index contributed by atoms with van der Waals surface area (Å²) >= 11 is 0. The fourth-order valence-electron chi connectivity index (χ4n) is 1.23. The van der Waals surface area contributed by atoms with Gasteiger partial charge in [0.05, 0.1) is 6.33 Å². The van der Waals surface area contributed by atoms with Crippen molar-refractivity contribution in [2.45, 2.75) is 0 Å². The van der Waals surface area contributed by atoms with Crippen molar-refractivity contribution in [2.75, 3.05) is 5.06 Å². The zero-order valence-corrected chi connectivity index (χ0v) is 8.49. The van der Waals surface area contributed by atoms with Gasteiger partial charge in [-0.2, -0.15) is 5.26 Å². The van der Waals surface area contributed by atoms with E-state index in [0.29, 0.717) is 0 Å². The van der Waals surface area contributed by atoms with E-state index in [4.69, 9.17) is 5.26 Å². The second-order valence-electron chi connectivity index (χ2n) is 3.05. The first-order valence-electron chi connectivity index (χ1n) is 4.59. The van der Waals surface area contributed by atoms with E-state index in [1.807, 2.05) is 0 Å². The number of amides is 1. The second-order valence-corrected chi connectivity index (χ2v) is 3.05. The molecule has 0 unspecified atom stereocenters. The van der Waals surface area contributed by atoms with E-state index in [-0.39, 0.29) is 22.1 Å². The van der Waals surface area contributed by atoms with Crippen LogP contribution in [0.3, 0.4) is 0 Å². The Hall–Kier alpha value is -2.72. The lowest BCUT2D eigenvalue weighted by atomic mass is 10.2. The van der Waals surface area contributed by atoms with Gasteiger partial charge in [0.1, 0.15) is 6.07 Å². The zero-order valence-electron chi connectivity index (χ0n) is 8.49. The monoisotopic (exact) mass is 228 g/mol. The highest BCUT2D eigenvalue weighted by Gasteiger charge is 2.14. The summed E-state index contributed by atoms with van der Waals surface area (Å²) in [5, 5.41) is 20.5. The van der Waals surface area contributed by atoms with Gasteiger partial charge in [0.2, 0.25) is 5.91 Å². The first-order valence-corrected chi connectivity index (χ1v) is 4.59. The van der Waals surface area contributed by atoms with Crippen molar-refractivity contribution in [3.8, 4) is 6.07 Å². The number of hydroxylamine groups is 1. The van der Waals surface area contributed by atoms with E-state index >= 15 is 0 Å². The number of aromatic nitrogens is 3. The molecule has 0 saturated carbocycles. The van der Waals surface area contributed by atoms with E-state index in [0.717, 1.165) is 0 Å². The lowest BCUT2D eigenvalue weighted by Crippen LogP contribution is -2.25. The molecule has 2 aromatic heterocycles. The van der Waals surface area contributed by atoms with Gasteiger partial charge in [0.25, 0.3) is 0 Å². The number of carbonyl (C=O) groups is 1. The fraction of sp³-hybridized carbons (Fsp3) is 0. The van der Waals surface area contributed by atoms with Gasteiger partial charge in [0.15, 0.2) is 11.5 Å². The van der Waals surface area contributed by atoms with Gasteiger partial charge in [-0.05, 0) is 12.1 Å². The van der Waals surface area contributed by atoms with Crippen molar-refractivity contribution in [3.05, 3.63) is 47.3 Å². The molecule has 17 heavy (non-hydrogen) atoms. The molecule has 0 aliphatic carbocycles. The molecule has 0 radical (unpaired) electrons. The summed E-state index contributed by atoms with van der Waals surface area (Å²) in [5.41, 5.74) is 0.129. The smallest absolute Gasteiger partial charge is 0.249 e. The summed E-state index contributed by atoms with van der Waals surface area (Å²) < 4.78 is 0. The molecule has 2 heterocycles. The van der Waals surface area contributed by atoms with E-state index in [1.165, 1.54) is 30.9 Å². The van der Waals surface area contributed by atoms with Crippen molar-refractivity contribution >= 4 is 11.7 Å². The number of aromatic amines is 1. The van der Waals surface area contributed by atoms with Gasteiger partial charge in [-0.15, -0.1) is 0 Å². The Bertz CT molecular complexity index is 572. The Labute approximate surface area is 95.9 Å². The van der Waals surface area contributed by atoms with Crippen LogP contribution in [0.5, 0.6) is 0 Å². The van der Waals surface area contributed by atoms with E-state index in [1.54, 1.807) is 6.07 Å². The molecule has 0 aliphatic heterocycles. The molecule has 2 aromatic rings. The zero-order chi connectivity index (χ0) is 12.3. The minimum Gasteiger partial charge on any atom is -0.750 e. The third-order valence-corrected chi connectivity index (χ3v) is 2.04. The molecule has 0 spiro atoms. The van der Waals surface area contributed by atoms with Gasteiger partial charge in [0, 0.05) is 18.0 Å². The molecular formula is C10H6N5O2-. The molecule has 0 fully saturated rings. The van der Waals surface area contributed by atoms with Gasteiger partial charge >= 0.3 is 0 Å². The van der Waals surface area contributed by atoms with Crippen LogP contribution in [0.2, 0.25) is 0 Å². The predicted octanol–water partition coefficient (Wildman–Crippen LogP) is 0.821. The quantitative estimate of drug-likeness (QED) is 0.765. The highest BCUT2D eigenvalue weighted by Crippen LogP contribution is 2.16. The number of carbonyl (C=O) groups excluding carboxylic acids is 1. The summed E-state index contributed by atoms with van der Waals surface area (Å²) in [4.78, 5) is 21.6. The third kappa shape index (κ3) is 1.97. The molecule has 0 aromatic carbocycles. The van der Waals surface area contributed by atoms with Crippen LogP contribution in [0.1, 0.15) is 16.1 Å². The van der Waals surface area contributed by atoms with Crippen LogP contribution >= 0.6 is 0 Å². The largest absolute Gasteiger partial charge is 0.750 e. The van der Waals surface area contributed by atoms with Crippen LogP contribution in [-0.2, 0) is 0 Å². The molecule has 7 nitrogen and oxygen atoms in total. The molecule has 0 atom stereocenters. The summed E-state index contributed by atoms with van der Waals surface area (Å²) in [6, 6.07) is 4.56. The number of pyridine rings is 1. The number of H-pyrrole nitrogens is 1. The molecule has 1 N–H and O–H groups in total. The minimum absolute atomic E-state index is 0.0533. The normalized spacial score (nSPS) is 9.65. The average molecular weight is 228 g/mol. The molecule has 0 saturated heterocycles. The van der Waals surface area contributed by atoms with Crippen LogP contribution in [0.15, 0.2) is 30.9 Å². The maximum Gasteiger partial charge on any atom is 0.249 e. The molecule has 7 heteroatoms. The second kappa shape index (κ2) is 4.42. The van der Waals surface area contributed by atoms with Crippen molar-refractivity contribution in [2.24, 2.45) is 0 Å². The van der Waals surface area contributed by atoms with Gasteiger partial charge in [-0.3, -0.25) is 9.78 Å². The molecule has 0 aliphatic rings. The number of imidazole rings is 1. The van der Waals surface area contributed by atoms with Crippen LogP contribution in [0, 0.1) is 16.5 Å². The average Bonchev–Trinajstić information content (AvgIpc) is 2.86. The Morgan fingerprint density at radius 3 is 2.82 bits per heavy atom. The molecular weight excluding hydrogens is 222 g/mol. The first-order chi connectivity index (χ1) is 8.24. The summed E-state index contributed by atoms with van der Waals surface area (Å²) in [6.07, 6.45) is 3.98. The highest BCUT2D eigenvalue weighted by atomic mass is 16.5. The fourth-order valence-corrected chi connectivity index (χ4v) is 1.23. The van der Waals surface area contributed by atoms with Crippen LogP contribution in [0.25, 0.3) is 0 Å².